The van der Waals surface area contributed by atoms with Gasteiger partial charge >= 0.3 is 31.0 Å². The fraction of sp³-hybridized carbons (Fsp3) is 0.387. The molecule has 1 amide bonds. The first-order valence-corrected chi connectivity index (χ1v) is 14.1. The summed E-state index contributed by atoms with van der Waals surface area (Å²) in [7, 11) is 0. The van der Waals surface area contributed by atoms with Crippen molar-refractivity contribution in [2.45, 2.75) is 75.4 Å². The quantitative estimate of drug-likeness (QED) is 0.198. The van der Waals surface area contributed by atoms with Crippen LogP contribution in [0.4, 0.5) is 57.5 Å². The number of benzene rings is 3. The monoisotopic (exact) mass is 701 g/mol. The molecule has 1 aliphatic carbocycles. The summed E-state index contributed by atoms with van der Waals surface area (Å²) in [6, 6.07) is 3.20. The van der Waals surface area contributed by atoms with Crippen LogP contribution in [0.1, 0.15) is 59.7 Å². The smallest absolute Gasteiger partial charge is 0.461 e. The summed E-state index contributed by atoms with van der Waals surface area (Å²) in [5.41, 5.74) is -4.17. The number of rotatable bonds is 10. The van der Waals surface area contributed by atoms with Crippen molar-refractivity contribution in [3.05, 3.63) is 94.0 Å². The SMILES string of the molecule is C[C@H]1[C@@H](c2cc(C(F)(F)F)cc(C(F)(F)F)c2)OC(=O)N1C(Cc1cc(F)cc(OC(F)(F)C(F)F)c1)c1ccc(F)c(OC2CC2)c1. The van der Waals surface area contributed by atoms with Crippen molar-refractivity contribution >= 4 is 6.09 Å². The molecule has 3 atom stereocenters. The number of halogens is 12. The molecule has 0 radical (unpaired) electrons. The topological polar surface area (TPSA) is 48.0 Å². The summed E-state index contributed by atoms with van der Waals surface area (Å²) in [4.78, 5) is 14.2. The Morgan fingerprint density at radius 1 is 0.875 bits per heavy atom. The highest BCUT2D eigenvalue weighted by atomic mass is 19.4. The molecule has 2 fully saturated rings. The molecule has 0 spiro atoms. The molecule has 1 heterocycles. The number of ether oxygens (including phenoxy) is 3. The Morgan fingerprint density at radius 3 is 2.06 bits per heavy atom. The van der Waals surface area contributed by atoms with E-state index in [1.807, 2.05) is 0 Å². The van der Waals surface area contributed by atoms with Crippen molar-refractivity contribution in [1.82, 2.24) is 4.90 Å². The first-order valence-electron chi connectivity index (χ1n) is 14.1. The summed E-state index contributed by atoms with van der Waals surface area (Å²) in [5, 5.41) is 0. The molecule has 0 bridgehead atoms. The molecule has 5 nitrogen and oxygen atoms in total. The molecule has 260 valence electrons. The van der Waals surface area contributed by atoms with Crippen LogP contribution in [0, 0.1) is 11.6 Å². The van der Waals surface area contributed by atoms with Gasteiger partial charge in [0.15, 0.2) is 11.6 Å². The normalized spacial score (nSPS) is 19.5. The van der Waals surface area contributed by atoms with Crippen LogP contribution in [0.2, 0.25) is 0 Å². The standard InChI is InChI=1S/C31H23F12NO4/c1-14-26(17-9-18(29(36,37)38)12-19(10-17)30(39,40)41)47-28(45)44(14)24(16-2-5-23(33)25(11-16)46-21-3-4-21)8-15-6-20(32)13-22(7-15)48-31(42,43)27(34)35/h2,5-7,9-14,21,24,26-27H,3-4,8H2,1H3/t14-,24?,26-/m0/s1. The lowest BCUT2D eigenvalue weighted by Gasteiger charge is -2.31. The molecular formula is C31H23F12NO4. The van der Waals surface area contributed by atoms with E-state index in [-0.39, 0.29) is 29.0 Å². The van der Waals surface area contributed by atoms with Crippen LogP contribution in [-0.2, 0) is 23.5 Å². The van der Waals surface area contributed by atoms with E-state index in [0.29, 0.717) is 31.0 Å². The number of hydrogen-bond donors (Lipinski definition) is 0. The van der Waals surface area contributed by atoms with Crippen LogP contribution in [-0.4, -0.2) is 35.7 Å². The Bertz CT molecular complexity index is 1640. The van der Waals surface area contributed by atoms with Crippen molar-refractivity contribution < 1.29 is 71.7 Å². The highest BCUT2D eigenvalue weighted by molar-refractivity contribution is 5.72. The molecule has 3 aromatic rings. The van der Waals surface area contributed by atoms with Crippen molar-refractivity contribution in [1.29, 1.82) is 0 Å². The Kier molecular flexibility index (Phi) is 9.20. The van der Waals surface area contributed by atoms with E-state index in [1.54, 1.807) is 0 Å². The van der Waals surface area contributed by atoms with Gasteiger partial charge in [-0.1, -0.05) is 6.07 Å². The fourth-order valence-electron chi connectivity index (χ4n) is 5.26. The number of alkyl halides is 10. The lowest BCUT2D eigenvalue weighted by atomic mass is 9.93. The van der Waals surface area contributed by atoms with Crippen LogP contribution in [0.25, 0.3) is 0 Å². The molecule has 3 aromatic carbocycles. The van der Waals surface area contributed by atoms with Gasteiger partial charge in [-0.2, -0.15) is 43.9 Å². The Hall–Kier alpha value is -4.31. The Labute approximate surface area is 264 Å². The van der Waals surface area contributed by atoms with Gasteiger partial charge < -0.3 is 14.2 Å². The number of carbonyl (C=O) groups is 1. The van der Waals surface area contributed by atoms with Gasteiger partial charge in [0.1, 0.15) is 17.7 Å². The minimum Gasteiger partial charge on any atom is -0.487 e. The lowest BCUT2D eigenvalue weighted by molar-refractivity contribution is -0.253. The van der Waals surface area contributed by atoms with E-state index in [4.69, 9.17) is 9.47 Å². The van der Waals surface area contributed by atoms with Gasteiger partial charge in [-0.05, 0) is 85.3 Å². The van der Waals surface area contributed by atoms with E-state index in [9.17, 15) is 57.5 Å². The maximum Gasteiger partial charge on any atom is 0.461 e. The van der Waals surface area contributed by atoms with Crippen LogP contribution < -0.4 is 9.47 Å². The zero-order chi connectivity index (χ0) is 35.3. The second-order valence-corrected chi connectivity index (χ2v) is 11.3. The van der Waals surface area contributed by atoms with Gasteiger partial charge in [-0.15, -0.1) is 0 Å². The van der Waals surface area contributed by atoms with Crippen molar-refractivity contribution in [3.63, 3.8) is 0 Å². The third kappa shape index (κ3) is 7.70. The second kappa shape index (κ2) is 12.6. The summed E-state index contributed by atoms with van der Waals surface area (Å²) < 4.78 is 178. The zero-order valence-corrected chi connectivity index (χ0v) is 24.3. The molecule has 5 rings (SSSR count). The summed E-state index contributed by atoms with van der Waals surface area (Å²) in [6.07, 6.45) is -22.3. The van der Waals surface area contributed by atoms with Gasteiger partial charge in [-0.25, -0.2) is 13.6 Å². The lowest BCUT2D eigenvalue weighted by Crippen LogP contribution is -2.37. The molecule has 0 aromatic heterocycles. The number of carbonyl (C=O) groups excluding carboxylic acids is 1. The number of amides is 1. The predicted octanol–water partition coefficient (Wildman–Crippen LogP) is 9.65. The molecule has 1 saturated heterocycles. The van der Waals surface area contributed by atoms with Crippen LogP contribution in [0.5, 0.6) is 11.5 Å². The van der Waals surface area contributed by atoms with Crippen molar-refractivity contribution in [2.24, 2.45) is 0 Å². The third-order valence-electron chi connectivity index (χ3n) is 7.62. The van der Waals surface area contributed by atoms with Crippen molar-refractivity contribution in [2.75, 3.05) is 0 Å². The first-order chi connectivity index (χ1) is 22.2. The molecule has 1 unspecified atom stereocenters. The van der Waals surface area contributed by atoms with Gasteiger partial charge in [-0.3, -0.25) is 4.90 Å². The zero-order valence-electron chi connectivity index (χ0n) is 24.3. The summed E-state index contributed by atoms with van der Waals surface area (Å²) in [6.45, 7) is 1.24. The highest BCUT2D eigenvalue weighted by Gasteiger charge is 2.47. The van der Waals surface area contributed by atoms with E-state index < -0.39 is 89.7 Å². The summed E-state index contributed by atoms with van der Waals surface area (Å²) in [5.74, 6) is -3.34. The molecule has 48 heavy (non-hydrogen) atoms. The average Bonchev–Trinajstić information content (AvgIpc) is 3.73. The maximum absolute atomic E-state index is 14.6. The average molecular weight is 702 g/mol. The fourth-order valence-corrected chi connectivity index (χ4v) is 5.26. The summed E-state index contributed by atoms with van der Waals surface area (Å²) >= 11 is 0. The van der Waals surface area contributed by atoms with Crippen LogP contribution >= 0.6 is 0 Å². The van der Waals surface area contributed by atoms with E-state index >= 15 is 0 Å². The highest BCUT2D eigenvalue weighted by Crippen LogP contribution is 2.44. The third-order valence-corrected chi connectivity index (χ3v) is 7.62. The first kappa shape index (κ1) is 35.0. The van der Waals surface area contributed by atoms with E-state index in [1.165, 1.54) is 19.1 Å². The molecule has 1 saturated carbocycles. The Morgan fingerprint density at radius 2 is 1.50 bits per heavy atom. The van der Waals surface area contributed by atoms with Gasteiger partial charge in [0.25, 0.3) is 0 Å². The molecule has 2 aliphatic rings. The van der Waals surface area contributed by atoms with E-state index in [0.717, 1.165) is 23.1 Å². The largest absolute Gasteiger partial charge is 0.487 e. The Balaban J connectivity index is 1.57. The second-order valence-electron chi connectivity index (χ2n) is 11.3. The van der Waals surface area contributed by atoms with Crippen LogP contribution in [0.15, 0.2) is 54.6 Å². The number of cyclic esters (lactones) is 1. The van der Waals surface area contributed by atoms with Crippen LogP contribution in [0.3, 0.4) is 0 Å². The minimum absolute atomic E-state index is 0.0566. The maximum atomic E-state index is 14.6. The molecule has 0 N–H and O–H groups in total. The molecule has 1 aliphatic heterocycles. The molecular weight excluding hydrogens is 678 g/mol. The van der Waals surface area contributed by atoms with Crippen molar-refractivity contribution in [3.8, 4) is 11.5 Å². The number of nitrogens with zero attached hydrogens (tertiary/aromatic N) is 1. The van der Waals surface area contributed by atoms with Gasteiger partial charge in [0.05, 0.1) is 29.3 Å². The van der Waals surface area contributed by atoms with E-state index in [2.05, 4.69) is 4.74 Å². The molecule has 17 heteroatoms. The van der Waals surface area contributed by atoms with Gasteiger partial charge in [0.2, 0.25) is 0 Å². The van der Waals surface area contributed by atoms with Gasteiger partial charge in [0, 0.05) is 6.07 Å². The predicted molar refractivity (Wildman–Crippen MR) is 141 cm³/mol. The minimum atomic E-state index is -5.21. The number of hydrogen-bond acceptors (Lipinski definition) is 4.